The van der Waals surface area contributed by atoms with Crippen molar-refractivity contribution < 1.29 is 22.7 Å². The first kappa shape index (κ1) is 17.1. The van der Waals surface area contributed by atoms with Gasteiger partial charge in [0.05, 0.1) is 7.11 Å². The fourth-order valence-corrected chi connectivity index (χ4v) is 1.68. The molecule has 1 rings (SSSR count). The molecule has 0 aliphatic heterocycles. The van der Waals surface area contributed by atoms with Gasteiger partial charge in [-0.2, -0.15) is 13.2 Å². The Kier molecular flexibility index (Phi) is 6.51. The van der Waals surface area contributed by atoms with E-state index in [1.165, 1.54) is 31.4 Å². The number of rotatable bonds is 3. The summed E-state index contributed by atoms with van der Waals surface area (Å²) in [5, 5.41) is 0. The molecule has 18 heavy (non-hydrogen) atoms. The van der Waals surface area contributed by atoms with Crippen LogP contribution in [0.1, 0.15) is 11.6 Å². The third kappa shape index (κ3) is 5.16. The number of ether oxygens (including phenoxy) is 1. The molecule has 3 nitrogen and oxygen atoms in total. The standard InChI is InChI=1S/C10H10F3NO2S.ClH/c1-16-9(15)8(14)6-2-4-7(5-3-6)17-10(11,12)13;/h2-5,8H,14H2,1H3;1H/t8-;/m0./s1. The Labute approximate surface area is 112 Å². The average Bonchev–Trinajstić information content (AvgIpc) is 2.26. The van der Waals surface area contributed by atoms with E-state index in [4.69, 9.17) is 5.73 Å². The third-order valence-corrected chi connectivity index (χ3v) is 2.67. The summed E-state index contributed by atoms with van der Waals surface area (Å²) in [4.78, 5) is 11.1. The number of alkyl halides is 3. The average molecular weight is 302 g/mol. The predicted molar refractivity (Wildman–Crippen MR) is 64.5 cm³/mol. The van der Waals surface area contributed by atoms with Crippen LogP contribution in [0, 0.1) is 0 Å². The van der Waals surface area contributed by atoms with Crippen molar-refractivity contribution in [2.75, 3.05) is 7.11 Å². The van der Waals surface area contributed by atoms with Crippen molar-refractivity contribution in [2.24, 2.45) is 5.73 Å². The Morgan fingerprint density at radius 3 is 2.22 bits per heavy atom. The molecule has 0 spiro atoms. The van der Waals surface area contributed by atoms with Gasteiger partial charge in [-0.15, -0.1) is 12.4 Å². The monoisotopic (exact) mass is 301 g/mol. The van der Waals surface area contributed by atoms with Gasteiger partial charge in [0.25, 0.3) is 0 Å². The molecule has 0 saturated carbocycles. The number of hydrogen-bond donors (Lipinski definition) is 1. The summed E-state index contributed by atoms with van der Waals surface area (Å²) >= 11 is -0.222. The normalized spacial score (nSPS) is 12.5. The highest BCUT2D eigenvalue weighted by molar-refractivity contribution is 8.00. The first-order valence-corrected chi connectivity index (χ1v) is 5.34. The van der Waals surface area contributed by atoms with Crippen LogP contribution < -0.4 is 5.73 Å². The fraction of sp³-hybridized carbons (Fsp3) is 0.300. The van der Waals surface area contributed by atoms with E-state index in [0.717, 1.165) is 0 Å². The van der Waals surface area contributed by atoms with Gasteiger partial charge in [0.15, 0.2) is 0 Å². The number of hydrogen-bond acceptors (Lipinski definition) is 4. The number of carbonyl (C=O) groups excluding carboxylic acids is 1. The zero-order valence-corrected chi connectivity index (χ0v) is 10.9. The number of nitrogens with two attached hydrogens (primary N) is 1. The van der Waals surface area contributed by atoms with E-state index in [2.05, 4.69) is 4.74 Å². The molecule has 0 heterocycles. The Bertz CT molecular complexity index is 397. The van der Waals surface area contributed by atoms with Gasteiger partial charge < -0.3 is 10.5 Å². The molecule has 1 aromatic rings. The van der Waals surface area contributed by atoms with Crippen LogP contribution in [0.5, 0.6) is 0 Å². The molecule has 0 saturated heterocycles. The van der Waals surface area contributed by atoms with Gasteiger partial charge in [-0.3, -0.25) is 4.79 Å². The Morgan fingerprint density at radius 1 is 1.33 bits per heavy atom. The Hall–Kier alpha value is -0.920. The highest BCUT2D eigenvalue weighted by atomic mass is 35.5. The molecular weight excluding hydrogens is 291 g/mol. The van der Waals surface area contributed by atoms with E-state index in [9.17, 15) is 18.0 Å². The molecule has 102 valence electrons. The highest BCUT2D eigenvalue weighted by Gasteiger charge is 2.29. The van der Waals surface area contributed by atoms with E-state index in [1.54, 1.807) is 0 Å². The van der Waals surface area contributed by atoms with Crippen LogP contribution in [-0.2, 0) is 9.53 Å². The maximum absolute atomic E-state index is 12.0. The molecule has 1 aromatic carbocycles. The minimum Gasteiger partial charge on any atom is -0.468 e. The third-order valence-electron chi connectivity index (χ3n) is 1.93. The van der Waals surface area contributed by atoms with Crippen LogP contribution in [0.3, 0.4) is 0 Å². The maximum atomic E-state index is 12.0. The van der Waals surface area contributed by atoms with Crippen molar-refractivity contribution in [3.63, 3.8) is 0 Å². The van der Waals surface area contributed by atoms with Crippen molar-refractivity contribution in [1.29, 1.82) is 0 Å². The number of thioether (sulfide) groups is 1. The van der Waals surface area contributed by atoms with E-state index >= 15 is 0 Å². The van der Waals surface area contributed by atoms with E-state index in [0.29, 0.717) is 5.56 Å². The quantitative estimate of drug-likeness (QED) is 0.689. The molecular formula is C10H11ClF3NO2S. The van der Waals surface area contributed by atoms with Gasteiger partial charge in [0.2, 0.25) is 0 Å². The summed E-state index contributed by atoms with van der Waals surface area (Å²) in [6.07, 6.45) is 0. The smallest absolute Gasteiger partial charge is 0.446 e. The van der Waals surface area contributed by atoms with E-state index in [-0.39, 0.29) is 29.1 Å². The van der Waals surface area contributed by atoms with Crippen LogP contribution in [0.4, 0.5) is 13.2 Å². The number of benzene rings is 1. The summed E-state index contributed by atoms with van der Waals surface area (Å²) in [7, 11) is 1.19. The molecule has 1 atom stereocenters. The van der Waals surface area contributed by atoms with E-state index < -0.39 is 17.5 Å². The van der Waals surface area contributed by atoms with Crippen LogP contribution in [0.15, 0.2) is 29.2 Å². The SMILES string of the molecule is COC(=O)[C@@H](N)c1ccc(SC(F)(F)F)cc1.Cl. The first-order valence-electron chi connectivity index (χ1n) is 4.52. The summed E-state index contributed by atoms with van der Waals surface area (Å²) in [5.74, 6) is -0.638. The molecule has 0 unspecified atom stereocenters. The number of esters is 1. The van der Waals surface area contributed by atoms with Crippen LogP contribution in [0.2, 0.25) is 0 Å². The zero-order valence-electron chi connectivity index (χ0n) is 9.23. The zero-order chi connectivity index (χ0) is 13.1. The van der Waals surface area contributed by atoms with Gasteiger partial charge in [-0.25, -0.2) is 0 Å². The second kappa shape index (κ2) is 6.86. The lowest BCUT2D eigenvalue weighted by molar-refractivity contribution is -0.142. The van der Waals surface area contributed by atoms with Crippen molar-refractivity contribution in [2.45, 2.75) is 16.4 Å². The topological polar surface area (TPSA) is 52.3 Å². The summed E-state index contributed by atoms with van der Waals surface area (Å²) in [6, 6.07) is 4.28. The molecule has 2 N–H and O–H groups in total. The number of methoxy groups -OCH3 is 1. The molecule has 0 fully saturated rings. The molecule has 0 amide bonds. The molecule has 8 heteroatoms. The summed E-state index contributed by atoms with van der Waals surface area (Å²) in [6.45, 7) is 0. The van der Waals surface area contributed by atoms with Crippen molar-refractivity contribution in [3.05, 3.63) is 29.8 Å². The first-order chi connectivity index (χ1) is 7.83. The minimum atomic E-state index is -4.33. The second-order valence-electron chi connectivity index (χ2n) is 3.12. The van der Waals surface area contributed by atoms with Gasteiger partial charge in [0.1, 0.15) is 6.04 Å². The van der Waals surface area contributed by atoms with Gasteiger partial charge >= 0.3 is 11.5 Å². The predicted octanol–water partition coefficient (Wildman–Crippen LogP) is 2.89. The van der Waals surface area contributed by atoms with Crippen LogP contribution in [-0.4, -0.2) is 18.6 Å². The van der Waals surface area contributed by atoms with Crippen LogP contribution in [0.25, 0.3) is 0 Å². The van der Waals surface area contributed by atoms with Crippen molar-refractivity contribution in [1.82, 2.24) is 0 Å². The van der Waals surface area contributed by atoms with Crippen molar-refractivity contribution in [3.8, 4) is 0 Å². The lowest BCUT2D eigenvalue weighted by Gasteiger charge is -2.10. The second-order valence-corrected chi connectivity index (χ2v) is 4.26. The van der Waals surface area contributed by atoms with Gasteiger partial charge in [-0.05, 0) is 29.5 Å². The fourth-order valence-electron chi connectivity index (χ4n) is 1.14. The van der Waals surface area contributed by atoms with Crippen molar-refractivity contribution >= 4 is 30.1 Å². The number of halogens is 4. The molecule has 0 aromatic heterocycles. The van der Waals surface area contributed by atoms with Crippen LogP contribution >= 0.6 is 24.2 Å². The lowest BCUT2D eigenvalue weighted by atomic mass is 10.1. The highest BCUT2D eigenvalue weighted by Crippen LogP contribution is 2.36. The Balaban J connectivity index is 0.00000289. The van der Waals surface area contributed by atoms with Gasteiger partial charge in [0, 0.05) is 4.90 Å². The summed E-state index contributed by atoms with van der Waals surface area (Å²) in [5.41, 5.74) is 1.60. The number of carbonyl (C=O) groups is 1. The maximum Gasteiger partial charge on any atom is 0.446 e. The molecule has 0 bridgehead atoms. The van der Waals surface area contributed by atoms with E-state index in [1.807, 2.05) is 0 Å². The molecule has 0 radical (unpaired) electrons. The molecule has 0 aliphatic rings. The Morgan fingerprint density at radius 2 is 1.83 bits per heavy atom. The van der Waals surface area contributed by atoms with Gasteiger partial charge in [-0.1, -0.05) is 12.1 Å². The minimum absolute atomic E-state index is 0. The largest absolute Gasteiger partial charge is 0.468 e. The summed E-state index contributed by atoms with van der Waals surface area (Å²) < 4.78 is 40.6. The molecule has 0 aliphatic carbocycles. The lowest BCUT2D eigenvalue weighted by Crippen LogP contribution is -2.22.